The molecule has 0 aliphatic carbocycles. The van der Waals surface area contributed by atoms with E-state index in [2.05, 4.69) is 56.3 Å². The van der Waals surface area contributed by atoms with Crippen molar-refractivity contribution in [3.8, 4) is 12.3 Å². The van der Waals surface area contributed by atoms with Crippen LogP contribution >= 0.6 is 0 Å². The summed E-state index contributed by atoms with van der Waals surface area (Å²) < 4.78 is 0. The lowest BCUT2D eigenvalue weighted by Crippen LogP contribution is -2.30. The molecule has 0 fully saturated rings. The van der Waals surface area contributed by atoms with Crippen LogP contribution in [0, 0.1) is 12.3 Å². The van der Waals surface area contributed by atoms with Crippen LogP contribution in [0.1, 0.15) is 63.6 Å². The van der Waals surface area contributed by atoms with Gasteiger partial charge in [0, 0.05) is 18.5 Å². The highest BCUT2D eigenvalue weighted by Crippen LogP contribution is 2.16. The molecule has 0 aliphatic heterocycles. The molecule has 2 unspecified atom stereocenters. The Bertz CT molecular complexity index is 385. The predicted molar refractivity (Wildman–Crippen MR) is 84.1 cm³/mol. The minimum Gasteiger partial charge on any atom is -0.307 e. The summed E-state index contributed by atoms with van der Waals surface area (Å²) in [6, 6.07) is 9.77. The first kappa shape index (κ1) is 15.8. The number of hydrogen-bond acceptors (Lipinski definition) is 1. The van der Waals surface area contributed by atoms with E-state index in [1.165, 1.54) is 30.4 Å². The number of unbranched alkanes of at least 4 members (excludes halogenated alkanes) is 1. The zero-order valence-electron chi connectivity index (χ0n) is 12.6. The fraction of sp³-hybridized carbons (Fsp3) is 0.556. The van der Waals surface area contributed by atoms with Crippen molar-refractivity contribution in [3.05, 3.63) is 35.4 Å². The number of benzene rings is 1. The van der Waals surface area contributed by atoms with E-state index in [0.717, 1.165) is 12.8 Å². The van der Waals surface area contributed by atoms with E-state index in [4.69, 9.17) is 6.42 Å². The lowest BCUT2D eigenvalue weighted by atomic mass is 10.0. The Hall–Kier alpha value is -1.26. The van der Waals surface area contributed by atoms with Crippen LogP contribution in [-0.2, 0) is 6.42 Å². The van der Waals surface area contributed by atoms with Crippen molar-refractivity contribution < 1.29 is 0 Å². The van der Waals surface area contributed by atoms with Crippen LogP contribution in [0.3, 0.4) is 0 Å². The lowest BCUT2D eigenvalue weighted by Gasteiger charge is -2.21. The third-order valence-corrected chi connectivity index (χ3v) is 3.64. The minimum atomic E-state index is 0.360. The van der Waals surface area contributed by atoms with Gasteiger partial charge < -0.3 is 5.32 Å². The molecule has 1 N–H and O–H groups in total. The van der Waals surface area contributed by atoms with Crippen molar-refractivity contribution in [1.29, 1.82) is 0 Å². The van der Waals surface area contributed by atoms with E-state index in [-0.39, 0.29) is 0 Å². The summed E-state index contributed by atoms with van der Waals surface area (Å²) in [5, 5.41) is 3.60. The molecule has 1 nitrogen and oxygen atoms in total. The van der Waals surface area contributed by atoms with Crippen molar-refractivity contribution in [2.24, 2.45) is 0 Å². The predicted octanol–water partition coefficient (Wildman–Crippen LogP) is 4.48. The Kier molecular flexibility index (Phi) is 7.30. The molecule has 2 atom stereocenters. The second kappa shape index (κ2) is 8.77. The standard InChI is InChI=1S/C18H27N/c1-5-8-10-16-11-13-17(14-12-16)15(4)19-18(7-3)9-6-2/h2,11-15,18-19H,5,7-10H2,1,3-4H3. The normalized spacial score (nSPS) is 13.8. The number of terminal acetylenes is 1. The maximum Gasteiger partial charge on any atom is 0.0294 e. The van der Waals surface area contributed by atoms with E-state index in [0.29, 0.717) is 12.1 Å². The molecular formula is C18H27N. The van der Waals surface area contributed by atoms with Gasteiger partial charge in [-0.15, -0.1) is 12.3 Å². The van der Waals surface area contributed by atoms with E-state index < -0.39 is 0 Å². The van der Waals surface area contributed by atoms with E-state index in [1.54, 1.807) is 0 Å². The molecule has 0 heterocycles. The van der Waals surface area contributed by atoms with Gasteiger partial charge in [0.05, 0.1) is 0 Å². The third-order valence-electron chi connectivity index (χ3n) is 3.64. The molecule has 0 bridgehead atoms. The monoisotopic (exact) mass is 257 g/mol. The smallest absolute Gasteiger partial charge is 0.0294 e. The summed E-state index contributed by atoms with van der Waals surface area (Å²) in [6.45, 7) is 6.62. The second-order valence-electron chi connectivity index (χ2n) is 5.25. The van der Waals surface area contributed by atoms with E-state index >= 15 is 0 Å². The molecule has 0 amide bonds. The molecule has 0 saturated carbocycles. The second-order valence-corrected chi connectivity index (χ2v) is 5.25. The Labute approximate surface area is 118 Å². The van der Waals surface area contributed by atoms with Gasteiger partial charge >= 0.3 is 0 Å². The van der Waals surface area contributed by atoms with Gasteiger partial charge in [-0.05, 0) is 37.3 Å². The number of hydrogen-bond donors (Lipinski definition) is 1. The first-order valence-corrected chi connectivity index (χ1v) is 7.49. The first-order valence-electron chi connectivity index (χ1n) is 7.49. The molecule has 0 spiro atoms. The highest BCUT2D eigenvalue weighted by molar-refractivity contribution is 5.25. The molecule has 104 valence electrons. The molecule has 0 radical (unpaired) electrons. The van der Waals surface area contributed by atoms with Crippen LogP contribution < -0.4 is 5.32 Å². The van der Waals surface area contributed by atoms with Crippen LogP contribution in [0.2, 0.25) is 0 Å². The maximum atomic E-state index is 5.40. The Morgan fingerprint density at radius 2 is 1.89 bits per heavy atom. The number of aryl methyl sites for hydroxylation is 1. The SMILES string of the molecule is C#CCC(CC)NC(C)c1ccc(CCCC)cc1. The van der Waals surface area contributed by atoms with Crippen LogP contribution in [0.15, 0.2) is 24.3 Å². The van der Waals surface area contributed by atoms with Crippen LogP contribution in [-0.4, -0.2) is 6.04 Å². The summed E-state index contributed by atoms with van der Waals surface area (Å²) in [5.74, 6) is 2.75. The largest absolute Gasteiger partial charge is 0.307 e. The first-order chi connectivity index (χ1) is 9.21. The van der Waals surface area contributed by atoms with Gasteiger partial charge in [0.15, 0.2) is 0 Å². The average molecular weight is 257 g/mol. The molecule has 1 aromatic rings. The van der Waals surface area contributed by atoms with Crippen molar-refractivity contribution in [2.75, 3.05) is 0 Å². The molecule has 0 aliphatic rings. The Morgan fingerprint density at radius 1 is 1.21 bits per heavy atom. The summed E-state index contributed by atoms with van der Waals surface area (Å²) in [7, 11) is 0. The topological polar surface area (TPSA) is 12.0 Å². The average Bonchev–Trinajstić information content (AvgIpc) is 2.45. The lowest BCUT2D eigenvalue weighted by molar-refractivity contribution is 0.449. The van der Waals surface area contributed by atoms with E-state index in [1.807, 2.05) is 0 Å². The van der Waals surface area contributed by atoms with Crippen LogP contribution in [0.25, 0.3) is 0 Å². The molecular weight excluding hydrogens is 230 g/mol. The van der Waals surface area contributed by atoms with Gasteiger partial charge in [0.2, 0.25) is 0 Å². The van der Waals surface area contributed by atoms with Crippen LogP contribution in [0.5, 0.6) is 0 Å². The number of nitrogens with one attached hydrogen (secondary N) is 1. The van der Waals surface area contributed by atoms with Gasteiger partial charge in [-0.1, -0.05) is 44.5 Å². The van der Waals surface area contributed by atoms with Crippen molar-refractivity contribution >= 4 is 0 Å². The van der Waals surface area contributed by atoms with Crippen molar-refractivity contribution in [2.45, 2.75) is 65.0 Å². The molecule has 1 heteroatoms. The van der Waals surface area contributed by atoms with Gasteiger partial charge in [-0.25, -0.2) is 0 Å². The Morgan fingerprint density at radius 3 is 2.42 bits per heavy atom. The zero-order chi connectivity index (χ0) is 14.1. The minimum absolute atomic E-state index is 0.360. The molecule has 0 saturated heterocycles. The van der Waals surface area contributed by atoms with E-state index in [9.17, 15) is 0 Å². The molecule has 0 aromatic heterocycles. The zero-order valence-corrected chi connectivity index (χ0v) is 12.6. The summed E-state index contributed by atoms with van der Waals surface area (Å²) in [4.78, 5) is 0. The third kappa shape index (κ3) is 5.49. The van der Waals surface area contributed by atoms with Gasteiger partial charge in [0.25, 0.3) is 0 Å². The summed E-state index contributed by atoms with van der Waals surface area (Å²) >= 11 is 0. The van der Waals surface area contributed by atoms with Gasteiger partial charge in [-0.3, -0.25) is 0 Å². The maximum absolute atomic E-state index is 5.40. The van der Waals surface area contributed by atoms with Crippen molar-refractivity contribution in [1.82, 2.24) is 5.32 Å². The van der Waals surface area contributed by atoms with Crippen LogP contribution in [0.4, 0.5) is 0 Å². The summed E-state index contributed by atoms with van der Waals surface area (Å²) in [5.41, 5.74) is 2.78. The quantitative estimate of drug-likeness (QED) is 0.677. The van der Waals surface area contributed by atoms with Crippen molar-refractivity contribution in [3.63, 3.8) is 0 Å². The summed E-state index contributed by atoms with van der Waals surface area (Å²) in [6.07, 6.45) is 11.0. The molecule has 19 heavy (non-hydrogen) atoms. The number of rotatable bonds is 8. The molecule has 1 aromatic carbocycles. The van der Waals surface area contributed by atoms with Gasteiger partial charge in [-0.2, -0.15) is 0 Å². The fourth-order valence-corrected chi connectivity index (χ4v) is 2.27. The Balaban J connectivity index is 2.57. The highest BCUT2D eigenvalue weighted by atomic mass is 14.9. The highest BCUT2D eigenvalue weighted by Gasteiger charge is 2.10. The molecule has 1 rings (SSSR count). The fourth-order valence-electron chi connectivity index (χ4n) is 2.27. The van der Waals surface area contributed by atoms with Gasteiger partial charge in [0.1, 0.15) is 0 Å².